The van der Waals surface area contributed by atoms with E-state index in [1.807, 2.05) is 0 Å². The molecule has 0 radical (unpaired) electrons. The number of carbonyl (C=O) groups excluding carboxylic acids is 1. The quantitative estimate of drug-likeness (QED) is 0.474. The monoisotopic (exact) mass is 308 g/mol. The molecule has 0 heterocycles. The number of benzene rings is 1. The molecule has 2 rings (SSSR count). The van der Waals surface area contributed by atoms with Gasteiger partial charge in [0, 0.05) is 37.2 Å². The van der Waals surface area contributed by atoms with Crippen molar-refractivity contribution in [3.8, 4) is 0 Å². The average Bonchev–Trinajstić information content (AvgIpc) is 2.93. The number of non-ortho nitro benzene ring substituents is 1. The minimum atomic E-state index is -0.467. The normalized spacial score (nSPS) is 17.0. The molecule has 1 atom stereocenters. The summed E-state index contributed by atoms with van der Waals surface area (Å²) in [7, 11) is 1.69. The summed E-state index contributed by atoms with van der Waals surface area (Å²) in [5, 5.41) is 11.2. The highest BCUT2D eigenvalue weighted by molar-refractivity contribution is 6.31. The van der Waals surface area contributed by atoms with E-state index >= 15 is 0 Å². The van der Waals surface area contributed by atoms with Crippen LogP contribution in [0.25, 0.3) is 0 Å². The summed E-state index contributed by atoms with van der Waals surface area (Å²) in [5.74, 6) is 0.328. The number of nitro benzene ring substituents is 1. The van der Waals surface area contributed by atoms with Crippen molar-refractivity contribution < 1.29 is 9.72 Å². The van der Waals surface area contributed by atoms with Crippen LogP contribution in [0.2, 0.25) is 5.02 Å². The summed E-state index contributed by atoms with van der Waals surface area (Å²) in [6.07, 6.45) is 6.68. The highest BCUT2D eigenvalue weighted by atomic mass is 35.5. The minimum Gasteiger partial charge on any atom is -0.341 e. The first-order valence-electron chi connectivity index (χ1n) is 6.81. The Labute approximate surface area is 128 Å². The molecule has 112 valence electrons. The summed E-state index contributed by atoms with van der Waals surface area (Å²) < 4.78 is 0. The predicted octanol–water partition coefficient (Wildman–Crippen LogP) is 3.56. The van der Waals surface area contributed by atoms with Crippen LogP contribution in [0.3, 0.4) is 0 Å². The number of rotatable bonds is 5. The SMILES string of the molecule is CN(Cc1cc([N+](=O)[O-])ccc1Cl)C(=O)CC1C=CCC1. The van der Waals surface area contributed by atoms with Gasteiger partial charge in [-0.1, -0.05) is 23.8 Å². The molecule has 1 aromatic rings. The molecule has 0 spiro atoms. The van der Waals surface area contributed by atoms with Gasteiger partial charge in [-0.3, -0.25) is 14.9 Å². The molecule has 5 nitrogen and oxygen atoms in total. The molecule has 0 fully saturated rings. The van der Waals surface area contributed by atoms with Gasteiger partial charge in [-0.15, -0.1) is 0 Å². The van der Waals surface area contributed by atoms with Crippen molar-refractivity contribution in [2.24, 2.45) is 5.92 Å². The Kier molecular flexibility index (Phi) is 4.96. The number of nitrogens with zero attached hydrogens (tertiary/aromatic N) is 2. The second-order valence-corrected chi connectivity index (χ2v) is 5.66. The Bertz CT molecular complexity index is 586. The zero-order chi connectivity index (χ0) is 15.4. The van der Waals surface area contributed by atoms with E-state index in [4.69, 9.17) is 11.6 Å². The van der Waals surface area contributed by atoms with Crippen LogP contribution in [0.4, 0.5) is 5.69 Å². The summed E-state index contributed by atoms with van der Waals surface area (Å²) >= 11 is 6.05. The molecule has 1 aromatic carbocycles. The van der Waals surface area contributed by atoms with E-state index in [1.165, 1.54) is 18.2 Å². The lowest BCUT2D eigenvalue weighted by molar-refractivity contribution is -0.384. The predicted molar refractivity (Wildman–Crippen MR) is 81.1 cm³/mol. The lowest BCUT2D eigenvalue weighted by Crippen LogP contribution is -2.27. The van der Waals surface area contributed by atoms with E-state index in [1.54, 1.807) is 11.9 Å². The van der Waals surface area contributed by atoms with Crippen LogP contribution in [-0.4, -0.2) is 22.8 Å². The van der Waals surface area contributed by atoms with Crippen molar-refractivity contribution in [2.45, 2.75) is 25.8 Å². The molecule has 0 N–H and O–H groups in total. The summed E-state index contributed by atoms with van der Waals surface area (Å²) in [4.78, 5) is 24.0. The van der Waals surface area contributed by atoms with Gasteiger partial charge in [-0.25, -0.2) is 0 Å². The third-order valence-electron chi connectivity index (χ3n) is 3.62. The number of nitro groups is 1. The fourth-order valence-electron chi connectivity index (χ4n) is 2.39. The van der Waals surface area contributed by atoms with Gasteiger partial charge in [-0.2, -0.15) is 0 Å². The topological polar surface area (TPSA) is 63.4 Å². The van der Waals surface area contributed by atoms with Crippen molar-refractivity contribution in [3.63, 3.8) is 0 Å². The van der Waals surface area contributed by atoms with E-state index in [-0.39, 0.29) is 18.1 Å². The lowest BCUT2D eigenvalue weighted by Gasteiger charge is -2.19. The average molecular weight is 309 g/mol. The Morgan fingerprint density at radius 3 is 2.90 bits per heavy atom. The third-order valence-corrected chi connectivity index (χ3v) is 3.99. The molecule has 6 heteroatoms. The van der Waals surface area contributed by atoms with E-state index in [0.29, 0.717) is 22.9 Å². The molecule has 1 aliphatic rings. The van der Waals surface area contributed by atoms with Gasteiger partial charge in [0.05, 0.1) is 4.92 Å². The molecular weight excluding hydrogens is 292 g/mol. The lowest BCUT2D eigenvalue weighted by atomic mass is 10.0. The maximum absolute atomic E-state index is 12.1. The highest BCUT2D eigenvalue weighted by Crippen LogP contribution is 2.25. The number of hydrogen-bond acceptors (Lipinski definition) is 3. The van der Waals surface area contributed by atoms with Gasteiger partial charge in [-0.05, 0) is 30.4 Å². The van der Waals surface area contributed by atoms with Gasteiger partial charge in [0.25, 0.3) is 5.69 Å². The highest BCUT2D eigenvalue weighted by Gasteiger charge is 2.18. The number of amides is 1. The van der Waals surface area contributed by atoms with Crippen LogP contribution < -0.4 is 0 Å². The molecule has 0 aromatic heterocycles. The summed E-state index contributed by atoms with van der Waals surface area (Å²) in [5.41, 5.74) is 0.567. The van der Waals surface area contributed by atoms with Crippen molar-refractivity contribution in [2.75, 3.05) is 7.05 Å². The van der Waals surface area contributed by atoms with Gasteiger partial charge in [0.15, 0.2) is 0 Å². The number of carbonyl (C=O) groups is 1. The molecule has 1 unspecified atom stereocenters. The number of hydrogen-bond donors (Lipinski definition) is 0. The van der Waals surface area contributed by atoms with Crippen molar-refractivity contribution in [1.82, 2.24) is 4.90 Å². The largest absolute Gasteiger partial charge is 0.341 e. The standard InChI is InChI=1S/C15H17ClN2O3/c1-17(15(19)8-11-4-2-3-5-11)10-12-9-13(18(20)21)6-7-14(12)16/h2,4,6-7,9,11H,3,5,8,10H2,1H3. The van der Waals surface area contributed by atoms with Crippen LogP contribution in [0.5, 0.6) is 0 Å². The fraction of sp³-hybridized carbons (Fsp3) is 0.400. The van der Waals surface area contributed by atoms with Crippen LogP contribution in [-0.2, 0) is 11.3 Å². The van der Waals surface area contributed by atoms with Gasteiger partial charge < -0.3 is 4.90 Å². The molecule has 1 aliphatic carbocycles. The number of allylic oxidation sites excluding steroid dienone is 2. The smallest absolute Gasteiger partial charge is 0.269 e. The van der Waals surface area contributed by atoms with Gasteiger partial charge in [0.1, 0.15) is 0 Å². The van der Waals surface area contributed by atoms with Gasteiger partial charge in [0.2, 0.25) is 5.91 Å². The van der Waals surface area contributed by atoms with Crippen molar-refractivity contribution >= 4 is 23.2 Å². The molecule has 21 heavy (non-hydrogen) atoms. The molecule has 0 aliphatic heterocycles. The first kappa shape index (κ1) is 15.5. The zero-order valence-corrected chi connectivity index (χ0v) is 12.5. The molecule has 0 bridgehead atoms. The first-order chi connectivity index (χ1) is 9.97. The summed E-state index contributed by atoms with van der Waals surface area (Å²) in [6, 6.07) is 4.27. The van der Waals surface area contributed by atoms with E-state index in [0.717, 1.165) is 12.8 Å². The second-order valence-electron chi connectivity index (χ2n) is 5.25. The molecule has 0 saturated carbocycles. The van der Waals surface area contributed by atoms with Crippen LogP contribution in [0.15, 0.2) is 30.4 Å². The Morgan fingerprint density at radius 2 is 2.29 bits per heavy atom. The third kappa shape index (κ3) is 4.04. The van der Waals surface area contributed by atoms with Crippen LogP contribution >= 0.6 is 11.6 Å². The van der Waals surface area contributed by atoms with Gasteiger partial charge >= 0.3 is 0 Å². The second kappa shape index (κ2) is 6.72. The van der Waals surface area contributed by atoms with Crippen LogP contribution in [0.1, 0.15) is 24.8 Å². The summed E-state index contributed by atoms with van der Waals surface area (Å²) in [6.45, 7) is 0.274. The maximum Gasteiger partial charge on any atom is 0.269 e. The Morgan fingerprint density at radius 1 is 1.52 bits per heavy atom. The zero-order valence-electron chi connectivity index (χ0n) is 11.8. The Balaban J connectivity index is 2.02. The molecule has 0 saturated heterocycles. The van der Waals surface area contributed by atoms with E-state index in [9.17, 15) is 14.9 Å². The molecule has 1 amide bonds. The molecular formula is C15H17ClN2O3. The fourth-order valence-corrected chi connectivity index (χ4v) is 2.56. The van der Waals surface area contributed by atoms with E-state index in [2.05, 4.69) is 12.2 Å². The number of halogens is 1. The maximum atomic E-state index is 12.1. The minimum absolute atomic E-state index is 0.0195. The Hall–Kier alpha value is -1.88. The van der Waals surface area contributed by atoms with E-state index < -0.39 is 4.92 Å². The van der Waals surface area contributed by atoms with Crippen molar-refractivity contribution in [3.05, 3.63) is 51.1 Å². The van der Waals surface area contributed by atoms with Crippen molar-refractivity contribution in [1.29, 1.82) is 0 Å². The first-order valence-corrected chi connectivity index (χ1v) is 7.18. The van der Waals surface area contributed by atoms with Crippen LogP contribution in [0, 0.1) is 16.0 Å².